The molecule has 0 aliphatic carbocycles. The Kier molecular flexibility index (Phi) is 4.58. The second-order valence-corrected chi connectivity index (χ2v) is 5.01. The zero-order chi connectivity index (χ0) is 11.4. The highest BCUT2D eigenvalue weighted by Crippen LogP contribution is 2.19. The fraction of sp³-hybridized carbons (Fsp3) is 0.917. The van der Waals surface area contributed by atoms with E-state index in [4.69, 9.17) is 0 Å². The number of carbonyl (C=O) groups excluding carboxylic acids is 1. The number of rotatable bonds is 3. The molecule has 1 N–H and O–H groups in total. The number of piperidine rings is 1. The van der Waals surface area contributed by atoms with Crippen molar-refractivity contribution < 1.29 is 4.79 Å². The van der Waals surface area contributed by atoms with E-state index in [0.29, 0.717) is 6.04 Å². The van der Waals surface area contributed by atoms with E-state index >= 15 is 0 Å². The molecule has 1 amide bonds. The van der Waals surface area contributed by atoms with Gasteiger partial charge in [-0.3, -0.25) is 9.69 Å². The molecule has 1 rings (SSSR count). The molecule has 0 bridgehead atoms. The summed E-state index contributed by atoms with van der Waals surface area (Å²) < 4.78 is 0. The van der Waals surface area contributed by atoms with Crippen LogP contribution >= 0.6 is 0 Å². The van der Waals surface area contributed by atoms with Crippen molar-refractivity contribution in [1.82, 2.24) is 10.2 Å². The third-order valence-corrected chi connectivity index (χ3v) is 2.94. The van der Waals surface area contributed by atoms with Crippen molar-refractivity contribution in [2.75, 3.05) is 6.54 Å². The Bertz CT molecular complexity index is 214. The summed E-state index contributed by atoms with van der Waals surface area (Å²) in [5, 5.41) is 3.02. The maximum absolute atomic E-state index is 12.0. The molecule has 88 valence electrons. The van der Waals surface area contributed by atoms with E-state index in [9.17, 15) is 4.79 Å². The quantitative estimate of drug-likeness (QED) is 0.773. The number of likely N-dealkylation sites (tertiary alicyclic amines) is 1. The van der Waals surface area contributed by atoms with Gasteiger partial charge >= 0.3 is 0 Å². The summed E-state index contributed by atoms with van der Waals surface area (Å²) in [6.07, 6.45) is 3.42. The first-order valence-corrected chi connectivity index (χ1v) is 6.08. The van der Waals surface area contributed by atoms with E-state index < -0.39 is 0 Å². The van der Waals surface area contributed by atoms with Crippen molar-refractivity contribution >= 4 is 5.91 Å². The highest BCUT2D eigenvalue weighted by molar-refractivity contribution is 5.82. The monoisotopic (exact) mass is 212 g/mol. The molecule has 1 aliphatic rings. The Morgan fingerprint density at radius 3 is 2.47 bits per heavy atom. The predicted molar refractivity (Wildman–Crippen MR) is 62.8 cm³/mol. The summed E-state index contributed by atoms with van der Waals surface area (Å²) in [5.41, 5.74) is 0. The lowest BCUT2D eigenvalue weighted by Crippen LogP contribution is -2.53. The smallest absolute Gasteiger partial charge is 0.237 e. The zero-order valence-corrected chi connectivity index (χ0v) is 10.4. The maximum atomic E-state index is 12.0. The Morgan fingerprint density at radius 2 is 1.93 bits per heavy atom. The van der Waals surface area contributed by atoms with Crippen molar-refractivity contribution in [3.63, 3.8) is 0 Å². The number of nitrogens with one attached hydrogen (secondary N) is 1. The minimum Gasteiger partial charge on any atom is -0.353 e. The number of hydrogen-bond acceptors (Lipinski definition) is 2. The van der Waals surface area contributed by atoms with Crippen LogP contribution in [0.3, 0.4) is 0 Å². The SMILES string of the molecule is CC(C)NC(=O)C1CCCCN1C(C)C. The molecule has 15 heavy (non-hydrogen) atoms. The van der Waals surface area contributed by atoms with Crippen LogP contribution in [-0.2, 0) is 4.79 Å². The number of amides is 1. The summed E-state index contributed by atoms with van der Waals surface area (Å²) in [7, 11) is 0. The molecule has 0 radical (unpaired) electrons. The van der Waals surface area contributed by atoms with Crippen LogP contribution in [0.2, 0.25) is 0 Å². The van der Waals surface area contributed by atoms with E-state index in [2.05, 4.69) is 24.1 Å². The van der Waals surface area contributed by atoms with Gasteiger partial charge < -0.3 is 5.32 Å². The second kappa shape index (κ2) is 5.50. The Morgan fingerprint density at radius 1 is 1.27 bits per heavy atom. The van der Waals surface area contributed by atoms with Crippen molar-refractivity contribution in [2.45, 2.75) is 65.1 Å². The van der Waals surface area contributed by atoms with Crippen LogP contribution in [0.25, 0.3) is 0 Å². The van der Waals surface area contributed by atoms with Crippen LogP contribution in [0.5, 0.6) is 0 Å². The standard InChI is InChI=1S/C12H24N2O/c1-9(2)13-12(15)11-7-5-6-8-14(11)10(3)4/h9-11H,5-8H2,1-4H3,(H,13,15). The molecule has 1 aliphatic heterocycles. The van der Waals surface area contributed by atoms with Gasteiger partial charge in [0.15, 0.2) is 0 Å². The Labute approximate surface area is 93.2 Å². The topological polar surface area (TPSA) is 32.3 Å². The first kappa shape index (κ1) is 12.5. The molecule has 3 nitrogen and oxygen atoms in total. The van der Waals surface area contributed by atoms with Gasteiger partial charge in [-0.25, -0.2) is 0 Å². The summed E-state index contributed by atoms with van der Waals surface area (Å²) in [5.74, 6) is 0.207. The first-order chi connectivity index (χ1) is 7.02. The van der Waals surface area contributed by atoms with Crippen LogP contribution < -0.4 is 5.32 Å². The van der Waals surface area contributed by atoms with Crippen LogP contribution in [-0.4, -0.2) is 35.5 Å². The molecule has 3 heteroatoms. The highest BCUT2D eigenvalue weighted by atomic mass is 16.2. The van der Waals surface area contributed by atoms with Gasteiger partial charge in [-0.05, 0) is 47.1 Å². The largest absolute Gasteiger partial charge is 0.353 e. The molecule has 0 saturated carbocycles. The van der Waals surface area contributed by atoms with Crippen molar-refractivity contribution in [3.8, 4) is 0 Å². The van der Waals surface area contributed by atoms with Crippen molar-refractivity contribution in [1.29, 1.82) is 0 Å². The third kappa shape index (κ3) is 3.49. The van der Waals surface area contributed by atoms with Gasteiger partial charge in [-0.1, -0.05) is 6.42 Å². The van der Waals surface area contributed by atoms with Gasteiger partial charge in [0.1, 0.15) is 0 Å². The molecule has 0 aromatic carbocycles. The van der Waals surface area contributed by atoms with Crippen LogP contribution in [0.1, 0.15) is 47.0 Å². The molecule has 1 fully saturated rings. The predicted octanol–water partition coefficient (Wildman–Crippen LogP) is 1.77. The molecular formula is C12H24N2O. The fourth-order valence-corrected chi connectivity index (χ4v) is 2.23. The molecule has 1 atom stereocenters. The summed E-state index contributed by atoms with van der Waals surface area (Å²) in [6, 6.07) is 0.808. The van der Waals surface area contributed by atoms with Gasteiger partial charge in [-0.2, -0.15) is 0 Å². The zero-order valence-electron chi connectivity index (χ0n) is 10.4. The summed E-state index contributed by atoms with van der Waals surface area (Å²) >= 11 is 0. The van der Waals surface area contributed by atoms with E-state index in [-0.39, 0.29) is 18.0 Å². The number of hydrogen-bond donors (Lipinski definition) is 1. The Balaban J connectivity index is 2.59. The molecule has 0 aromatic rings. The van der Waals surface area contributed by atoms with Crippen LogP contribution in [0.4, 0.5) is 0 Å². The number of carbonyl (C=O) groups is 1. The fourth-order valence-electron chi connectivity index (χ4n) is 2.23. The molecule has 0 spiro atoms. The van der Waals surface area contributed by atoms with Crippen LogP contribution in [0.15, 0.2) is 0 Å². The Hall–Kier alpha value is -0.570. The first-order valence-electron chi connectivity index (χ1n) is 6.08. The lowest BCUT2D eigenvalue weighted by molar-refractivity contribution is -0.129. The van der Waals surface area contributed by atoms with E-state index in [0.717, 1.165) is 13.0 Å². The van der Waals surface area contributed by atoms with Crippen molar-refractivity contribution in [3.05, 3.63) is 0 Å². The number of nitrogens with zero attached hydrogens (tertiary/aromatic N) is 1. The second-order valence-electron chi connectivity index (χ2n) is 5.01. The van der Waals surface area contributed by atoms with E-state index in [1.165, 1.54) is 12.8 Å². The minimum atomic E-state index is 0.0983. The summed E-state index contributed by atoms with van der Waals surface area (Å²) in [6.45, 7) is 9.43. The van der Waals surface area contributed by atoms with E-state index in [1.54, 1.807) is 0 Å². The highest BCUT2D eigenvalue weighted by Gasteiger charge is 2.30. The van der Waals surface area contributed by atoms with Gasteiger partial charge in [-0.15, -0.1) is 0 Å². The summed E-state index contributed by atoms with van der Waals surface area (Å²) in [4.78, 5) is 14.3. The molecular weight excluding hydrogens is 188 g/mol. The minimum absolute atomic E-state index is 0.0983. The lowest BCUT2D eigenvalue weighted by Gasteiger charge is -2.37. The van der Waals surface area contributed by atoms with Gasteiger partial charge in [0.05, 0.1) is 6.04 Å². The molecule has 0 aromatic heterocycles. The molecule has 1 heterocycles. The lowest BCUT2D eigenvalue weighted by atomic mass is 9.99. The maximum Gasteiger partial charge on any atom is 0.237 e. The molecule has 1 saturated heterocycles. The van der Waals surface area contributed by atoms with Crippen LogP contribution in [0, 0.1) is 0 Å². The average molecular weight is 212 g/mol. The van der Waals surface area contributed by atoms with Gasteiger partial charge in [0.2, 0.25) is 5.91 Å². The van der Waals surface area contributed by atoms with E-state index in [1.807, 2.05) is 13.8 Å². The normalized spacial score (nSPS) is 23.5. The third-order valence-electron chi connectivity index (χ3n) is 2.94. The van der Waals surface area contributed by atoms with Crippen molar-refractivity contribution in [2.24, 2.45) is 0 Å². The molecule has 1 unspecified atom stereocenters. The average Bonchev–Trinajstić information content (AvgIpc) is 2.16. The van der Waals surface area contributed by atoms with Gasteiger partial charge in [0, 0.05) is 12.1 Å². The van der Waals surface area contributed by atoms with Gasteiger partial charge in [0.25, 0.3) is 0 Å².